The van der Waals surface area contributed by atoms with Crippen molar-refractivity contribution in [3.8, 4) is 0 Å². The Morgan fingerprint density at radius 1 is 1.56 bits per heavy atom. The maximum atomic E-state index is 5.22. The van der Waals surface area contributed by atoms with Gasteiger partial charge in [-0.05, 0) is 53.2 Å². The van der Waals surface area contributed by atoms with Gasteiger partial charge < -0.3 is 9.26 Å². The van der Waals surface area contributed by atoms with Crippen molar-refractivity contribution in [2.45, 2.75) is 18.7 Å². The molecule has 2 aromatic rings. The molecule has 0 amide bonds. The van der Waals surface area contributed by atoms with Crippen LogP contribution in [-0.2, 0) is 4.74 Å². The number of nitrogens with zero attached hydrogens (tertiary/aromatic N) is 2. The van der Waals surface area contributed by atoms with E-state index in [0.717, 1.165) is 25.8 Å². The van der Waals surface area contributed by atoms with Crippen molar-refractivity contribution in [2.24, 2.45) is 0 Å². The number of anilines is 1. The number of aromatic nitrogens is 1. The second-order valence-electron chi connectivity index (χ2n) is 3.63. The molecular formula is C11H13BrN2O2S2. The van der Waals surface area contributed by atoms with Crippen molar-refractivity contribution in [1.82, 2.24) is 5.16 Å². The third kappa shape index (κ3) is 2.90. The second-order valence-corrected chi connectivity index (χ2v) is 6.93. The lowest BCUT2D eigenvalue weighted by Gasteiger charge is -2.19. The standard InChI is InChI=1S/C11H13BrN2O2S2/c1-7-8(2)16-13-11(7)14(6-15-3)18-9-4-5-17-10(9)12/h4-5H,6H2,1-3H3. The van der Waals surface area contributed by atoms with Crippen LogP contribution in [0.5, 0.6) is 0 Å². The Morgan fingerprint density at radius 2 is 2.33 bits per heavy atom. The molecule has 0 radical (unpaired) electrons. The average molecular weight is 349 g/mol. The van der Waals surface area contributed by atoms with E-state index in [0.29, 0.717) is 6.73 Å². The van der Waals surface area contributed by atoms with E-state index in [1.807, 2.05) is 23.5 Å². The van der Waals surface area contributed by atoms with E-state index >= 15 is 0 Å². The van der Waals surface area contributed by atoms with Gasteiger partial charge in [0.05, 0.1) is 8.68 Å². The van der Waals surface area contributed by atoms with Gasteiger partial charge in [-0.1, -0.05) is 5.16 Å². The summed E-state index contributed by atoms with van der Waals surface area (Å²) in [5, 5.41) is 6.12. The van der Waals surface area contributed by atoms with E-state index in [9.17, 15) is 0 Å². The summed E-state index contributed by atoms with van der Waals surface area (Å²) >= 11 is 6.76. The largest absolute Gasteiger partial charge is 0.363 e. The first-order valence-corrected chi connectivity index (χ1v) is 7.68. The quantitative estimate of drug-likeness (QED) is 0.597. The van der Waals surface area contributed by atoms with E-state index in [4.69, 9.17) is 9.26 Å². The fourth-order valence-corrected chi connectivity index (χ4v) is 3.73. The molecule has 7 heteroatoms. The van der Waals surface area contributed by atoms with Crippen molar-refractivity contribution in [1.29, 1.82) is 0 Å². The summed E-state index contributed by atoms with van der Waals surface area (Å²) in [6, 6.07) is 2.06. The molecule has 0 saturated carbocycles. The Hall–Kier alpha value is -0.500. The minimum atomic E-state index is 0.444. The van der Waals surface area contributed by atoms with Crippen LogP contribution in [0.4, 0.5) is 5.82 Å². The summed E-state index contributed by atoms with van der Waals surface area (Å²) in [6.07, 6.45) is 0. The molecule has 0 unspecified atom stereocenters. The van der Waals surface area contributed by atoms with E-state index < -0.39 is 0 Å². The molecule has 2 rings (SSSR count). The van der Waals surface area contributed by atoms with Crippen LogP contribution in [0.15, 0.2) is 24.7 Å². The number of hydrogen-bond acceptors (Lipinski definition) is 6. The first-order chi connectivity index (χ1) is 8.63. The first-order valence-electron chi connectivity index (χ1n) is 5.23. The molecule has 0 spiro atoms. The summed E-state index contributed by atoms with van der Waals surface area (Å²) in [7, 11) is 1.67. The molecule has 0 aliphatic rings. The lowest BCUT2D eigenvalue weighted by atomic mass is 10.3. The molecule has 0 aliphatic heterocycles. The monoisotopic (exact) mass is 348 g/mol. The number of hydrogen-bond donors (Lipinski definition) is 0. The topological polar surface area (TPSA) is 38.5 Å². The van der Waals surface area contributed by atoms with Crippen LogP contribution in [0.3, 0.4) is 0 Å². The maximum absolute atomic E-state index is 5.22. The maximum Gasteiger partial charge on any atom is 0.187 e. The summed E-state index contributed by atoms with van der Waals surface area (Å²) in [5.41, 5.74) is 1.03. The highest BCUT2D eigenvalue weighted by Crippen LogP contribution is 2.37. The highest BCUT2D eigenvalue weighted by molar-refractivity contribution is 9.11. The highest BCUT2D eigenvalue weighted by Gasteiger charge is 2.18. The zero-order valence-electron chi connectivity index (χ0n) is 10.3. The minimum absolute atomic E-state index is 0.444. The molecule has 0 aliphatic carbocycles. The number of halogens is 1. The van der Waals surface area contributed by atoms with Crippen molar-refractivity contribution in [3.05, 3.63) is 26.6 Å². The molecule has 0 atom stereocenters. The van der Waals surface area contributed by atoms with Gasteiger partial charge in [-0.2, -0.15) is 0 Å². The van der Waals surface area contributed by atoms with Gasteiger partial charge in [-0.15, -0.1) is 11.3 Å². The fraction of sp³-hybridized carbons (Fsp3) is 0.364. The summed E-state index contributed by atoms with van der Waals surface area (Å²) in [6.45, 7) is 4.34. The number of rotatable bonds is 5. The smallest absolute Gasteiger partial charge is 0.187 e. The van der Waals surface area contributed by atoms with Crippen LogP contribution in [0.1, 0.15) is 11.3 Å². The third-order valence-corrected chi connectivity index (χ3v) is 5.52. The molecule has 2 aromatic heterocycles. The van der Waals surface area contributed by atoms with Crippen LogP contribution >= 0.6 is 39.2 Å². The van der Waals surface area contributed by atoms with Crippen LogP contribution in [-0.4, -0.2) is 19.0 Å². The number of aryl methyl sites for hydroxylation is 1. The van der Waals surface area contributed by atoms with Crippen LogP contribution in [0, 0.1) is 13.8 Å². The lowest BCUT2D eigenvalue weighted by molar-refractivity contribution is 0.210. The van der Waals surface area contributed by atoms with Crippen molar-refractivity contribution in [3.63, 3.8) is 0 Å². The van der Waals surface area contributed by atoms with Gasteiger partial charge in [-0.3, -0.25) is 4.31 Å². The number of methoxy groups -OCH3 is 1. The predicted molar refractivity (Wildman–Crippen MR) is 78.2 cm³/mol. The molecular weight excluding hydrogens is 336 g/mol. The first kappa shape index (κ1) is 13.9. The van der Waals surface area contributed by atoms with E-state index in [1.54, 1.807) is 30.4 Å². The van der Waals surface area contributed by atoms with Gasteiger partial charge in [0.25, 0.3) is 0 Å². The lowest BCUT2D eigenvalue weighted by Crippen LogP contribution is -2.18. The number of thiophene rings is 1. The summed E-state index contributed by atoms with van der Waals surface area (Å²) < 4.78 is 13.5. The molecule has 0 fully saturated rings. The van der Waals surface area contributed by atoms with Crippen LogP contribution < -0.4 is 4.31 Å². The normalized spacial score (nSPS) is 10.9. The Bertz CT molecular complexity index is 527. The van der Waals surface area contributed by atoms with Gasteiger partial charge in [0, 0.05) is 12.7 Å². The number of ether oxygens (including phenoxy) is 1. The highest BCUT2D eigenvalue weighted by atomic mass is 79.9. The van der Waals surface area contributed by atoms with E-state index in [-0.39, 0.29) is 0 Å². The zero-order valence-corrected chi connectivity index (χ0v) is 13.5. The Morgan fingerprint density at radius 3 is 2.83 bits per heavy atom. The SMILES string of the molecule is COCN(Sc1ccsc1Br)c1noc(C)c1C. The van der Waals surface area contributed by atoms with Crippen molar-refractivity contribution < 1.29 is 9.26 Å². The van der Waals surface area contributed by atoms with Gasteiger partial charge in [0.2, 0.25) is 0 Å². The van der Waals surface area contributed by atoms with E-state index in [1.165, 1.54) is 0 Å². The Labute approximate surface area is 123 Å². The molecule has 0 N–H and O–H groups in total. The molecule has 2 heterocycles. The van der Waals surface area contributed by atoms with E-state index in [2.05, 4.69) is 27.2 Å². The van der Waals surface area contributed by atoms with Crippen LogP contribution in [0.25, 0.3) is 0 Å². The predicted octanol–water partition coefficient (Wildman–Crippen LogP) is 4.23. The Balaban J connectivity index is 2.23. The summed E-state index contributed by atoms with van der Waals surface area (Å²) in [4.78, 5) is 1.14. The van der Waals surface area contributed by atoms with Crippen LogP contribution in [0.2, 0.25) is 0 Å². The average Bonchev–Trinajstić information content (AvgIpc) is 2.88. The fourth-order valence-electron chi connectivity index (χ4n) is 1.35. The van der Waals surface area contributed by atoms with Gasteiger partial charge in [0.15, 0.2) is 5.82 Å². The van der Waals surface area contributed by atoms with Gasteiger partial charge in [0.1, 0.15) is 12.5 Å². The van der Waals surface area contributed by atoms with Gasteiger partial charge >= 0.3 is 0 Å². The Kier molecular flexibility index (Phi) is 4.71. The molecule has 0 aromatic carbocycles. The zero-order chi connectivity index (χ0) is 13.1. The summed E-state index contributed by atoms with van der Waals surface area (Å²) in [5.74, 6) is 1.63. The van der Waals surface area contributed by atoms with Crippen molar-refractivity contribution >= 4 is 45.0 Å². The molecule has 0 bridgehead atoms. The molecule has 0 saturated heterocycles. The second kappa shape index (κ2) is 6.10. The molecule has 98 valence electrons. The molecule has 4 nitrogen and oxygen atoms in total. The van der Waals surface area contributed by atoms with Crippen molar-refractivity contribution in [2.75, 3.05) is 18.1 Å². The van der Waals surface area contributed by atoms with Gasteiger partial charge in [-0.25, -0.2) is 0 Å². The molecule has 18 heavy (non-hydrogen) atoms. The third-order valence-electron chi connectivity index (χ3n) is 2.41. The minimum Gasteiger partial charge on any atom is -0.363 e.